The summed E-state index contributed by atoms with van der Waals surface area (Å²) in [7, 11) is 1.74. The number of likely N-dealkylation sites (N-methyl/N-ethyl adjacent to an activating group) is 1. The monoisotopic (exact) mass is 465 g/mol. The van der Waals surface area contributed by atoms with Crippen LogP contribution >= 0.6 is 11.3 Å². The normalized spacial score (nSPS) is 11.6. The van der Waals surface area contributed by atoms with Crippen molar-refractivity contribution in [2.45, 2.75) is 39.7 Å². The van der Waals surface area contributed by atoms with Crippen LogP contribution < -0.4 is 4.90 Å². The molecule has 0 fully saturated rings. The quantitative estimate of drug-likeness (QED) is 0.424. The molecule has 2 aromatic carbocycles. The van der Waals surface area contributed by atoms with Crippen LogP contribution in [0.1, 0.15) is 44.5 Å². The molecule has 0 atom stereocenters. The Morgan fingerprint density at radius 3 is 2.36 bits per heavy atom. The van der Waals surface area contributed by atoms with Gasteiger partial charge in [-0.05, 0) is 34.8 Å². The molecule has 0 bridgehead atoms. The summed E-state index contributed by atoms with van der Waals surface area (Å²) < 4.78 is 14.2. The number of carbonyl (C=O) groups excluding carboxylic acids is 2. The molecule has 3 aromatic rings. The van der Waals surface area contributed by atoms with E-state index in [4.69, 9.17) is 0 Å². The number of aromatic nitrogens is 1. The van der Waals surface area contributed by atoms with Crippen LogP contribution in [0.5, 0.6) is 0 Å². The van der Waals surface area contributed by atoms with Crippen molar-refractivity contribution in [3.63, 3.8) is 0 Å². The number of hydrogen-bond donors (Lipinski definition) is 0. The number of rotatable bonds is 6. The molecule has 1 heterocycles. The van der Waals surface area contributed by atoms with Crippen LogP contribution in [-0.4, -0.2) is 28.7 Å². The molecule has 2 amide bonds. The molecule has 7 heteroatoms. The summed E-state index contributed by atoms with van der Waals surface area (Å²) >= 11 is 1.21. The molecule has 33 heavy (non-hydrogen) atoms. The predicted molar refractivity (Wildman–Crippen MR) is 132 cm³/mol. The molecule has 0 spiro atoms. The van der Waals surface area contributed by atoms with E-state index in [1.165, 1.54) is 46.9 Å². The third kappa shape index (κ3) is 6.14. The fourth-order valence-electron chi connectivity index (χ4n) is 3.24. The fourth-order valence-corrected chi connectivity index (χ4v) is 4.09. The van der Waals surface area contributed by atoms with E-state index < -0.39 is 5.82 Å². The van der Waals surface area contributed by atoms with Crippen molar-refractivity contribution in [3.05, 3.63) is 82.6 Å². The summed E-state index contributed by atoms with van der Waals surface area (Å²) in [6, 6.07) is 14.3. The van der Waals surface area contributed by atoms with E-state index in [1.807, 2.05) is 12.1 Å². The van der Waals surface area contributed by atoms with Crippen LogP contribution in [-0.2, 0) is 21.5 Å². The van der Waals surface area contributed by atoms with Crippen LogP contribution in [0.15, 0.2) is 60.0 Å². The lowest BCUT2D eigenvalue weighted by Gasteiger charge is -2.20. The van der Waals surface area contributed by atoms with Gasteiger partial charge in [-0.25, -0.2) is 9.37 Å². The molecule has 172 valence electrons. The van der Waals surface area contributed by atoms with Gasteiger partial charge in [0.25, 0.3) is 0 Å². The molecule has 1 aromatic heterocycles. The van der Waals surface area contributed by atoms with E-state index in [9.17, 15) is 14.0 Å². The average molecular weight is 466 g/mol. The molecular formula is C26H28FN3O2S. The Morgan fingerprint density at radius 2 is 1.76 bits per heavy atom. The molecule has 0 aliphatic carbocycles. The lowest BCUT2D eigenvalue weighted by Crippen LogP contribution is -2.24. The maximum atomic E-state index is 14.2. The Bertz CT molecular complexity index is 1160. The van der Waals surface area contributed by atoms with Crippen molar-refractivity contribution in [1.29, 1.82) is 0 Å². The minimum Gasteiger partial charge on any atom is -0.338 e. The Balaban J connectivity index is 1.68. The van der Waals surface area contributed by atoms with E-state index in [-0.39, 0.29) is 22.9 Å². The third-order valence-corrected chi connectivity index (χ3v) is 5.97. The highest BCUT2D eigenvalue weighted by Crippen LogP contribution is 2.31. The topological polar surface area (TPSA) is 53.5 Å². The summed E-state index contributed by atoms with van der Waals surface area (Å²) in [6.07, 6.45) is 3.05. The third-order valence-electron chi connectivity index (χ3n) is 5.12. The SMILES string of the molecule is CC(=O)N(c1nc(/C=C/C(=O)N(C)Cc2ccc(C(C)(C)C)cc2)cs1)c1ccccc1F. The van der Waals surface area contributed by atoms with Gasteiger partial charge in [0.05, 0.1) is 11.4 Å². The molecular weight excluding hydrogens is 437 g/mol. The summed E-state index contributed by atoms with van der Waals surface area (Å²) in [5.41, 5.74) is 3.04. The molecule has 0 aliphatic rings. The highest BCUT2D eigenvalue weighted by molar-refractivity contribution is 7.14. The fraction of sp³-hybridized carbons (Fsp3) is 0.269. The minimum absolute atomic E-state index is 0.0830. The number of thiazole rings is 1. The standard InChI is InChI=1S/C26H28FN3O2S/c1-18(31)30(23-9-7-6-8-22(23)27)25-28-21(17-33-25)14-15-24(32)29(5)16-19-10-12-20(13-11-19)26(2,3)4/h6-15,17H,16H2,1-5H3/b15-14+. The molecule has 0 N–H and O–H groups in total. The van der Waals surface area contributed by atoms with Crippen molar-refractivity contribution in [3.8, 4) is 0 Å². The van der Waals surface area contributed by atoms with Gasteiger partial charge in [-0.1, -0.05) is 57.2 Å². The number of para-hydroxylation sites is 1. The lowest BCUT2D eigenvalue weighted by atomic mass is 9.87. The van der Waals surface area contributed by atoms with Crippen LogP contribution in [0, 0.1) is 5.82 Å². The zero-order chi connectivity index (χ0) is 24.2. The van der Waals surface area contributed by atoms with Gasteiger partial charge in [-0.2, -0.15) is 0 Å². The first kappa shape index (κ1) is 24.3. The van der Waals surface area contributed by atoms with Gasteiger partial charge in [-0.15, -0.1) is 11.3 Å². The highest BCUT2D eigenvalue weighted by Gasteiger charge is 2.20. The average Bonchev–Trinajstić information content (AvgIpc) is 3.21. The number of carbonyl (C=O) groups is 2. The van der Waals surface area contributed by atoms with Crippen molar-refractivity contribution < 1.29 is 14.0 Å². The number of amides is 2. The van der Waals surface area contributed by atoms with Gasteiger partial charge in [0.2, 0.25) is 11.8 Å². The van der Waals surface area contributed by atoms with Crippen molar-refractivity contribution in [2.24, 2.45) is 0 Å². The van der Waals surface area contributed by atoms with E-state index in [2.05, 4.69) is 37.9 Å². The largest absolute Gasteiger partial charge is 0.338 e. The number of nitrogens with zero attached hydrogens (tertiary/aromatic N) is 3. The molecule has 0 aliphatic heterocycles. The van der Waals surface area contributed by atoms with Gasteiger partial charge in [0, 0.05) is 32.0 Å². The Labute approximate surface area is 198 Å². The van der Waals surface area contributed by atoms with Crippen LogP contribution in [0.25, 0.3) is 6.08 Å². The van der Waals surface area contributed by atoms with Gasteiger partial charge < -0.3 is 4.90 Å². The van der Waals surface area contributed by atoms with Gasteiger partial charge >= 0.3 is 0 Å². The molecule has 5 nitrogen and oxygen atoms in total. The van der Waals surface area contributed by atoms with Crippen LogP contribution in [0.3, 0.4) is 0 Å². The maximum Gasteiger partial charge on any atom is 0.246 e. The van der Waals surface area contributed by atoms with Gasteiger partial charge in [0.15, 0.2) is 5.13 Å². The summed E-state index contributed by atoms with van der Waals surface area (Å²) in [6.45, 7) is 8.34. The van der Waals surface area contributed by atoms with E-state index in [0.717, 1.165) is 5.56 Å². The second kappa shape index (κ2) is 10.1. The number of benzene rings is 2. The van der Waals surface area contributed by atoms with Crippen molar-refractivity contribution >= 4 is 40.0 Å². The second-order valence-electron chi connectivity index (χ2n) is 8.84. The second-order valence-corrected chi connectivity index (χ2v) is 9.67. The number of hydrogen-bond acceptors (Lipinski definition) is 4. The van der Waals surface area contributed by atoms with E-state index >= 15 is 0 Å². The van der Waals surface area contributed by atoms with Crippen LogP contribution in [0.4, 0.5) is 15.2 Å². The molecule has 0 radical (unpaired) electrons. The minimum atomic E-state index is -0.507. The van der Waals surface area contributed by atoms with Crippen LogP contribution in [0.2, 0.25) is 0 Å². The number of halogens is 1. The van der Waals surface area contributed by atoms with Gasteiger partial charge in [0.1, 0.15) is 5.82 Å². The molecule has 0 saturated carbocycles. The zero-order valence-corrected chi connectivity index (χ0v) is 20.3. The zero-order valence-electron chi connectivity index (χ0n) is 19.5. The van der Waals surface area contributed by atoms with Crippen molar-refractivity contribution in [1.82, 2.24) is 9.88 Å². The Kier molecular flexibility index (Phi) is 7.43. The summed E-state index contributed by atoms with van der Waals surface area (Å²) in [5, 5.41) is 2.06. The smallest absolute Gasteiger partial charge is 0.246 e. The Morgan fingerprint density at radius 1 is 1.09 bits per heavy atom. The van der Waals surface area contributed by atoms with Gasteiger partial charge in [-0.3, -0.25) is 14.5 Å². The first-order valence-electron chi connectivity index (χ1n) is 10.6. The lowest BCUT2D eigenvalue weighted by molar-refractivity contribution is -0.125. The summed E-state index contributed by atoms with van der Waals surface area (Å²) in [5.74, 6) is -1.02. The first-order chi connectivity index (χ1) is 15.6. The Hall–Kier alpha value is -3.32. The molecule has 0 unspecified atom stereocenters. The maximum absolute atomic E-state index is 14.2. The van der Waals surface area contributed by atoms with E-state index in [1.54, 1.807) is 35.5 Å². The number of anilines is 2. The summed E-state index contributed by atoms with van der Waals surface area (Å²) in [4.78, 5) is 32.0. The molecule has 3 rings (SSSR count). The predicted octanol–water partition coefficient (Wildman–Crippen LogP) is 5.94. The first-order valence-corrected chi connectivity index (χ1v) is 11.5. The van der Waals surface area contributed by atoms with Crippen molar-refractivity contribution in [2.75, 3.05) is 11.9 Å². The highest BCUT2D eigenvalue weighted by atomic mass is 32.1. The molecule has 0 saturated heterocycles. The van der Waals surface area contributed by atoms with E-state index in [0.29, 0.717) is 17.4 Å².